The summed E-state index contributed by atoms with van der Waals surface area (Å²) in [5, 5.41) is 4.31. The van der Waals surface area contributed by atoms with E-state index in [0.29, 0.717) is 11.7 Å². The van der Waals surface area contributed by atoms with Crippen molar-refractivity contribution in [2.45, 2.75) is 38.8 Å². The van der Waals surface area contributed by atoms with Gasteiger partial charge < -0.3 is 24.8 Å². The number of piperazine rings is 1. The lowest BCUT2D eigenvalue weighted by Gasteiger charge is -2.34. The predicted octanol–water partition coefficient (Wildman–Crippen LogP) is 2.46. The average Bonchev–Trinajstić information content (AvgIpc) is 3.12. The van der Waals surface area contributed by atoms with Crippen molar-refractivity contribution in [2.24, 2.45) is 0 Å². The van der Waals surface area contributed by atoms with E-state index in [-0.39, 0.29) is 12.0 Å². The van der Waals surface area contributed by atoms with Crippen molar-refractivity contribution in [3.63, 3.8) is 0 Å². The molecule has 2 N–H and O–H groups in total. The van der Waals surface area contributed by atoms with Crippen molar-refractivity contribution < 1.29 is 9.53 Å². The third-order valence-electron chi connectivity index (χ3n) is 5.74. The Morgan fingerprint density at radius 1 is 1.11 bits per heavy atom. The van der Waals surface area contributed by atoms with Gasteiger partial charge in [0.05, 0.1) is 0 Å². The van der Waals surface area contributed by atoms with Gasteiger partial charge in [0, 0.05) is 56.2 Å². The molecule has 6 nitrogen and oxygen atoms in total. The number of benzene rings is 1. The third-order valence-corrected chi connectivity index (χ3v) is 5.74. The molecule has 0 aliphatic carbocycles. The van der Waals surface area contributed by atoms with Crippen LogP contribution in [0.1, 0.15) is 37.2 Å². The molecule has 0 spiro atoms. The fraction of sp³-hybridized carbons (Fsp3) is 0.571. The van der Waals surface area contributed by atoms with Gasteiger partial charge in [-0.15, -0.1) is 0 Å². The fourth-order valence-electron chi connectivity index (χ4n) is 4.04. The number of hydrogen-bond donors (Lipinski definition) is 2. The molecule has 1 aromatic carbocycles. The SMILES string of the molecule is CC(C)N1CCC(Oc2ccc3[nH]c(C(=O)N4CCNCC4)cc3c2)CC1. The van der Waals surface area contributed by atoms with Crippen LogP contribution in [0.4, 0.5) is 0 Å². The summed E-state index contributed by atoms with van der Waals surface area (Å²) in [5.41, 5.74) is 1.64. The van der Waals surface area contributed by atoms with Gasteiger partial charge in [-0.2, -0.15) is 0 Å². The predicted molar refractivity (Wildman–Crippen MR) is 107 cm³/mol. The molecule has 1 aromatic heterocycles. The Labute approximate surface area is 160 Å². The minimum Gasteiger partial charge on any atom is -0.490 e. The van der Waals surface area contributed by atoms with E-state index in [1.54, 1.807) is 0 Å². The number of nitrogens with zero attached hydrogens (tertiary/aromatic N) is 2. The lowest BCUT2D eigenvalue weighted by Crippen LogP contribution is -2.46. The second-order valence-electron chi connectivity index (χ2n) is 7.92. The number of likely N-dealkylation sites (tertiary alicyclic amines) is 1. The highest BCUT2D eigenvalue weighted by atomic mass is 16.5. The van der Waals surface area contributed by atoms with Gasteiger partial charge in [-0.05, 0) is 51.0 Å². The normalized spacial score (nSPS) is 19.7. The lowest BCUT2D eigenvalue weighted by molar-refractivity contribution is 0.0730. The van der Waals surface area contributed by atoms with Crippen molar-refractivity contribution in [3.05, 3.63) is 30.0 Å². The molecule has 2 aliphatic heterocycles. The molecule has 2 aliphatic rings. The Bertz CT molecular complexity index is 787. The van der Waals surface area contributed by atoms with E-state index in [9.17, 15) is 4.79 Å². The monoisotopic (exact) mass is 370 g/mol. The van der Waals surface area contributed by atoms with Gasteiger partial charge in [0.25, 0.3) is 5.91 Å². The van der Waals surface area contributed by atoms with E-state index in [4.69, 9.17) is 4.74 Å². The van der Waals surface area contributed by atoms with Crippen LogP contribution in [-0.4, -0.2) is 72.1 Å². The van der Waals surface area contributed by atoms with Crippen LogP contribution < -0.4 is 10.1 Å². The largest absolute Gasteiger partial charge is 0.490 e. The number of amides is 1. The van der Waals surface area contributed by atoms with E-state index in [1.807, 2.05) is 23.1 Å². The van der Waals surface area contributed by atoms with Gasteiger partial charge in [-0.1, -0.05) is 0 Å². The number of rotatable bonds is 4. The lowest BCUT2D eigenvalue weighted by atomic mass is 10.1. The molecule has 4 rings (SSSR count). The summed E-state index contributed by atoms with van der Waals surface area (Å²) in [6, 6.07) is 8.63. The zero-order chi connectivity index (χ0) is 18.8. The highest BCUT2D eigenvalue weighted by molar-refractivity contribution is 5.98. The molecule has 2 aromatic rings. The summed E-state index contributed by atoms with van der Waals surface area (Å²) in [5.74, 6) is 0.974. The van der Waals surface area contributed by atoms with Crippen LogP contribution in [0.2, 0.25) is 0 Å². The molecule has 0 atom stereocenters. The summed E-state index contributed by atoms with van der Waals surface area (Å²) in [4.78, 5) is 20.4. The van der Waals surface area contributed by atoms with Gasteiger partial charge in [-0.3, -0.25) is 4.79 Å². The molecule has 27 heavy (non-hydrogen) atoms. The first-order valence-electron chi connectivity index (χ1n) is 10.1. The Hall–Kier alpha value is -2.05. The van der Waals surface area contributed by atoms with Crippen LogP contribution in [-0.2, 0) is 0 Å². The molecule has 146 valence electrons. The van der Waals surface area contributed by atoms with E-state index >= 15 is 0 Å². The van der Waals surface area contributed by atoms with Crippen LogP contribution in [0.25, 0.3) is 10.9 Å². The molecule has 2 fully saturated rings. The molecule has 6 heteroatoms. The number of carbonyl (C=O) groups is 1. The van der Waals surface area contributed by atoms with Gasteiger partial charge >= 0.3 is 0 Å². The Kier molecular flexibility index (Phi) is 5.36. The van der Waals surface area contributed by atoms with Crippen molar-refractivity contribution in [2.75, 3.05) is 39.3 Å². The number of aromatic amines is 1. The molecule has 3 heterocycles. The Morgan fingerprint density at radius 3 is 2.56 bits per heavy atom. The maximum absolute atomic E-state index is 12.7. The quantitative estimate of drug-likeness (QED) is 0.868. The number of ether oxygens (including phenoxy) is 1. The molecule has 0 radical (unpaired) electrons. The van der Waals surface area contributed by atoms with E-state index in [1.165, 1.54) is 0 Å². The third kappa shape index (κ3) is 4.12. The summed E-state index contributed by atoms with van der Waals surface area (Å²) >= 11 is 0. The number of H-pyrrole nitrogens is 1. The van der Waals surface area contributed by atoms with Crippen LogP contribution in [0, 0.1) is 0 Å². The van der Waals surface area contributed by atoms with Crippen LogP contribution >= 0.6 is 0 Å². The van der Waals surface area contributed by atoms with Crippen molar-refractivity contribution in [3.8, 4) is 5.75 Å². The summed E-state index contributed by atoms with van der Waals surface area (Å²) < 4.78 is 6.23. The first-order valence-corrected chi connectivity index (χ1v) is 10.1. The Balaban J connectivity index is 1.43. The molecule has 0 unspecified atom stereocenters. The average molecular weight is 370 g/mol. The number of carbonyl (C=O) groups excluding carboxylic acids is 1. The molecule has 1 amide bonds. The van der Waals surface area contributed by atoms with E-state index < -0.39 is 0 Å². The highest BCUT2D eigenvalue weighted by Gasteiger charge is 2.23. The fourth-order valence-corrected chi connectivity index (χ4v) is 4.04. The second kappa shape index (κ2) is 7.90. The summed E-state index contributed by atoms with van der Waals surface area (Å²) in [7, 11) is 0. The molecular weight excluding hydrogens is 340 g/mol. The highest BCUT2D eigenvalue weighted by Crippen LogP contribution is 2.25. The number of fused-ring (bicyclic) bond motifs is 1. The summed E-state index contributed by atoms with van der Waals surface area (Å²) in [6.07, 6.45) is 2.41. The van der Waals surface area contributed by atoms with Crippen molar-refractivity contribution in [1.82, 2.24) is 20.1 Å². The summed E-state index contributed by atoms with van der Waals surface area (Å²) in [6.45, 7) is 9.94. The van der Waals surface area contributed by atoms with E-state index in [0.717, 1.165) is 68.8 Å². The van der Waals surface area contributed by atoms with Crippen LogP contribution in [0.3, 0.4) is 0 Å². The minimum atomic E-state index is 0.0798. The van der Waals surface area contributed by atoms with Crippen molar-refractivity contribution in [1.29, 1.82) is 0 Å². The van der Waals surface area contributed by atoms with Crippen molar-refractivity contribution >= 4 is 16.8 Å². The Morgan fingerprint density at radius 2 is 1.85 bits per heavy atom. The zero-order valence-corrected chi connectivity index (χ0v) is 16.3. The van der Waals surface area contributed by atoms with Crippen LogP contribution in [0.15, 0.2) is 24.3 Å². The first-order chi connectivity index (χ1) is 13.1. The van der Waals surface area contributed by atoms with Gasteiger partial charge in [0.2, 0.25) is 0 Å². The molecule has 0 bridgehead atoms. The number of piperidine rings is 1. The maximum Gasteiger partial charge on any atom is 0.270 e. The molecular formula is C21H30N4O2. The van der Waals surface area contributed by atoms with Gasteiger partial charge in [0.1, 0.15) is 17.5 Å². The topological polar surface area (TPSA) is 60.6 Å². The van der Waals surface area contributed by atoms with Crippen LogP contribution in [0.5, 0.6) is 5.75 Å². The minimum absolute atomic E-state index is 0.0798. The molecule has 0 saturated carbocycles. The first kappa shape index (κ1) is 18.3. The zero-order valence-electron chi connectivity index (χ0n) is 16.3. The number of aromatic nitrogens is 1. The number of nitrogens with one attached hydrogen (secondary N) is 2. The van der Waals surface area contributed by atoms with Gasteiger partial charge in [-0.25, -0.2) is 0 Å². The second-order valence-corrected chi connectivity index (χ2v) is 7.92. The smallest absolute Gasteiger partial charge is 0.270 e. The molecule has 2 saturated heterocycles. The number of hydrogen-bond acceptors (Lipinski definition) is 4. The maximum atomic E-state index is 12.7. The van der Waals surface area contributed by atoms with Gasteiger partial charge in [0.15, 0.2) is 0 Å². The standard InChI is InChI=1S/C21H30N4O2/c1-15(2)24-9-5-17(6-10-24)27-18-3-4-19-16(13-18)14-20(23-19)21(26)25-11-7-22-8-12-25/h3-4,13-15,17,22-23H,5-12H2,1-2H3. The van der Waals surface area contributed by atoms with E-state index in [2.05, 4.69) is 35.1 Å².